The number of carbonyl (C=O) groups excluding carboxylic acids is 1. The number of rotatable bonds is 4. The van der Waals surface area contributed by atoms with Gasteiger partial charge in [-0.15, -0.1) is 0 Å². The molecule has 1 aromatic rings. The van der Waals surface area contributed by atoms with Crippen LogP contribution in [0.5, 0.6) is 0 Å². The van der Waals surface area contributed by atoms with E-state index < -0.39 is 0 Å². The molecule has 1 aromatic carbocycles. The smallest absolute Gasteiger partial charge is 0.217 e. The van der Waals surface area contributed by atoms with Crippen LogP contribution in [-0.4, -0.2) is 24.0 Å². The summed E-state index contributed by atoms with van der Waals surface area (Å²) < 4.78 is 0. The summed E-state index contributed by atoms with van der Waals surface area (Å²) in [5.74, 6) is 0.840. The zero-order valence-corrected chi connectivity index (χ0v) is 13.6. The van der Waals surface area contributed by atoms with Crippen LogP contribution in [-0.2, 0) is 4.79 Å². The van der Waals surface area contributed by atoms with Gasteiger partial charge in [-0.05, 0) is 56.4 Å². The van der Waals surface area contributed by atoms with Crippen molar-refractivity contribution in [2.45, 2.75) is 75.9 Å². The average Bonchev–Trinajstić information content (AvgIpc) is 2.98. The summed E-state index contributed by atoms with van der Waals surface area (Å²) in [4.78, 5) is 11.1. The Bertz CT molecular complexity index is 479. The fourth-order valence-corrected chi connectivity index (χ4v) is 4.19. The molecule has 22 heavy (non-hydrogen) atoms. The first-order chi connectivity index (χ1) is 10.7. The average molecular weight is 300 g/mol. The second kappa shape index (κ2) is 7.28. The van der Waals surface area contributed by atoms with E-state index in [0.29, 0.717) is 18.1 Å². The quantitative estimate of drug-likeness (QED) is 0.895. The monoisotopic (exact) mass is 300 g/mol. The first-order valence-electron chi connectivity index (χ1n) is 8.79. The van der Waals surface area contributed by atoms with Crippen LogP contribution in [0.15, 0.2) is 30.3 Å². The van der Waals surface area contributed by atoms with E-state index >= 15 is 0 Å². The first kappa shape index (κ1) is 15.5. The SMILES string of the molecule is CC(=O)NC1CCC(N[C@@H]2CC[C@@H](c3ccccc3)C2)CC1. The van der Waals surface area contributed by atoms with Crippen molar-refractivity contribution in [1.29, 1.82) is 0 Å². The summed E-state index contributed by atoms with van der Waals surface area (Å²) in [5, 5.41) is 6.94. The van der Waals surface area contributed by atoms with Crippen molar-refractivity contribution in [2.24, 2.45) is 0 Å². The van der Waals surface area contributed by atoms with E-state index in [1.165, 1.54) is 37.7 Å². The summed E-state index contributed by atoms with van der Waals surface area (Å²) >= 11 is 0. The molecule has 120 valence electrons. The van der Waals surface area contributed by atoms with Crippen LogP contribution >= 0.6 is 0 Å². The van der Waals surface area contributed by atoms with Crippen LogP contribution in [0.1, 0.15) is 63.4 Å². The predicted molar refractivity (Wildman–Crippen MR) is 89.8 cm³/mol. The molecule has 3 rings (SSSR count). The Morgan fingerprint density at radius 1 is 0.909 bits per heavy atom. The fraction of sp³-hybridized carbons (Fsp3) is 0.632. The van der Waals surface area contributed by atoms with Crippen LogP contribution in [0, 0.1) is 0 Å². The van der Waals surface area contributed by atoms with Crippen molar-refractivity contribution in [2.75, 3.05) is 0 Å². The normalized spacial score (nSPS) is 31.9. The molecule has 0 aromatic heterocycles. The van der Waals surface area contributed by atoms with Gasteiger partial charge in [-0.1, -0.05) is 30.3 Å². The minimum absolute atomic E-state index is 0.109. The van der Waals surface area contributed by atoms with E-state index in [9.17, 15) is 4.79 Å². The third-order valence-electron chi connectivity index (χ3n) is 5.31. The zero-order valence-electron chi connectivity index (χ0n) is 13.6. The molecule has 0 spiro atoms. The summed E-state index contributed by atoms with van der Waals surface area (Å²) in [6, 6.07) is 12.7. The molecule has 0 saturated heterocycles. The molecule has 2 saturated carbocycles. The van der Waals surface area contributed by atoms with Gasteiger partial charge in [0.1, 0.15) is 0 Å². The van der Waals surface area contributed by atoms with Crippen molar-refractivity contribution >= 4 is 5.91 Å². The molecule has 0 unspecified atom stereocenters. The van der Waals surface area contributed by atoms with Crippen molar-refractivity contribution in [3.05, 3.63) is 35.9 Å². The summed E-state index contributed by atoms with van der Waals surface area (Å²) in [6.45, 7) is 1.62. The lowest BCUT2D eigenvalue weighted by atomic mass is 9.90. The highest BCUT2D eigenvalue weighted by Crippen LogP contribution is 2.35. The Balaban J connectivity index is 1.43. The van der Waals surface area contributed by atoms with Gasteiger partial charge >= 0.3 is 0 Å². The van der Waals surface area contributed by atoms with Crippen LogP contribution in [0.2, 0.25) is 0 Å². The fourth-order valence-electron chi connectivity index (χ4n) is 4.19. The molecule has 0 bridgehead atoms. The molecule has 2 aliphatic rings. The van der Waals surface area contributed by atoms with Gasteiger partial charge in [0.05, 0.1) is 0 Å². The second-order valence-electron chi connectivity index (χ2n) is 7.03. The topological polar surface area (TPSA) is 41.1 Å². The molecule has 0 aliphatic heterocycles. The van der Waals surface area contributed by atoms with Crippen molar-refractivity contribution in [3.8, 4) is 0 Å². The van der Waals surface area contributed by atoms with Gasteiger partial charge in [0.2, 0.25) is 5.91 Å². The maximum Gasteiger partial charge on any atom is 0.217 e. The van der Waals surface area contributed by atoms with Crippen molar-refractivity contribution in [1.82, 2.24) is 10.6 Å². The molecule has 2 fully saturated rings. The lowest BCUT2D eigenvalue weighted by Crippen LogP contribution is -2.44. The van der Waals surface area contributed by atoms with E-state index in [4.69, 9.17) is 0 Å². The Morgan fingerprint density at radius 3 is 2.23 bits per heavy atom. The van der Waals surface area contributed by atoms with Gasteiger partial charge in [0.25, 0.3) is 0 Å². The Kier molecular flexibility index (Phi) is 5.14. The minimum atomic E-state index is 0.109. The van der Waals surface area contributed by atoms with Crippen LogP contribution in [0.3, 0.4) is 0 Å². The van der Waals surface area contributed by atoms with E-state index in [0.717, 1.165) is 18.8 Å². The summed E-state index contributed by atoms with van der Waals surface area (Å²) in [6.07, 6.45) is 8.50. The largest absolute Gasteiger partial charge is 0.354 e. The molecule has 0 radical (unpaired) electrons. The van der Waals surface area contributed by atoms with Crippen molar-refractivity contribution < 1.29 is 4.79 Å². The van der Waals surface area contributed by atoms with Crippen LogP contribution < -0.4 is 10.6 Å². The van der Waals surface area contributed by atoms with Gasteiger partial charge in [0.15, 0.2) is 0 Å². The molecule has 2 aliphatic carbocycles. The molecule has 0 heterocycles. The molecule has 2 N–H and O–H groups in total. The zero-order chi connectivity index (χ0) is 15.4. The number of benzene rings is 1. The summed E-state index contributed by atoms with van der Waals surface area (Å²) in [7, 11) is 0. The van der Waals surface area contributed by atoms with Gasteiger partial charge in [-0.25, -0.2) is 0 Å². The third kappa shape index (κ3) is 4.10. The second-order valence-corrected chi connectivity index (χ2v) is 7.03. The standard InChI is InChI=1S/C19H28N2O/c1-14(22)20-17-9-11-18(12-10-17)21-19-8-7-16(13-19)15-5-3-2-4-6-15/h2-6,16-19,21H,7-13H2,1H3,(H,20,22)/t16-,17?,18?,19-/m1/s1. The highest BCUT2D eigenvalue weighted by Gasteiger charge is 2.29. The highest BCUT2D eigenvalue weighted by molar-refractivity contribution is 5.73. The molecular weight excluding hydrogens is 272 g/mol. The van der Waals surface area contributed by atoms with Gasteiger partial charge in [-0.3, -0.25) is 4.79 Å². The maximum atomic E-state index is 11.1. The van der Waals surface area contributed by atoms with E-state index in [1.807, 2.05) is 0 Å². The number of amides is 1. The third-order valence-corrected chi connectivity index (χ3v) is 5.31. The lowest BCUT2D eigenvalue weighted by molar-refractivity contribution is -0.119. The van der Waals surface area contributed by atoms with Crippen LogP contribution in [0.4, 0.5) is 0 Å². The lowest BCUT2D eigenvalue weighted by Gasteiger charge is -2.31. The predicted octanol–water partition coefficient (Wildman–Crippen LogP) is 3.36. The highest BCUT2D eigenvalue weighted by atomic mass is 16.1. The molecule has 3 heteroatoms. The molecular formula is C19H28N2O. The molecule has 3 nitrogen and oxygen atoms in total. The number of carbonyl (C=O) groups is 1. The number of hydrogen-bond acceptors (Lipinski definition) is 2. The van der Waals surface area contributed by atoms with Gasteiger partial charge < -0.3 is 10.6 Å². The number of hydrogen-bond donors (Lipinski definition) is 2. The first-order valence-corrected chi connectivity index (χ1v) is 8.79. The van der Waals surface area contributed by atoms with E-state index in [1.54, 1.807) is 6.92 Å². The Hall–Kier alpha value is -1.35. The van der Waals surface area contributed by atoms with E-state index in [2.05, 4.69) is 41.0 Å². The van der Waals surface area contributed by atoms with Gasteiger partial charge in [-0.2, -0.15) is 0 Å². The Labute approximate surface area is 133 Å². The molecule has 2 atom stereocenters. The Morgan fingerprint density at radius 2 is 1.55 bits per heavy atom. The van der Waals surface area contributed by atoms with Crippen LogP contribution in [0.25, 0.3) is 0 Å². The van der Waals surface area contributed by atoms with Gasteiger partial charge in [0, 0.05) is 25.0 Å². The summed E-state index contributed by atoms with van der Waals surface area (Å²) in [5.41, 5.74) is 1.50. The van der Waals surface area contributed by atoms with E-state index in [-0.39, 0.29) is 5.91 Å². The number of nitrogens with one attached hydrogen (secondary N) is 2. The molecule has 1 amide bonds. The minimum Gasteiger partial charge on any atom is -0.354 e. The maximum absolute atomic E-state index is 11.1. The van der Waals surface area contributed by atoms with Crippen molar-refractivity contribution in [3.63, 3.8) is 0 Å².